The fourth-order valence-electron chi connectivity index (χ4n) is 4.21. The second kappa shape index (κ2) is 6.44. The van der Waals surface area contributed by atoms with E-state index >= 15 is 0 Å². The van der Waals surface area contributed by atoms with Crippen LogP contribution in [0.3, 0.4) is 0 Å². The SMILES string of the molecule is CCC1=C(c2ccc3c(c2)OC(F)(F)O3)c2cccn2-c2cccc(F)c2CC1. The molecule has 3 nitrogen and oxygen atoms in total. The van der Waals surface area contributed by atoms with Gasteiger partial charge < -0.3 is 14.0 Å². The summed E-state index contributed by atoms with van der Waals surface area (Å²) in [4.78, 5) is 0. The molecule has 0 fully saturated rings. The first-order valence-electron chi connectivity index (χ1n) is 9.54. The lowest BCUT2D eigenvalue weighted by Gasteiger charge is -2.23. The number of ether oxygens (including phenoxy) is 2. The van der Waals surface area contributed by atoms with E-state index in [9.17, 15) is 13.2 Å². The van der Waals surface area contributed by atoms with Gasteiger partial charge in [-0.2, -0.15) is 0 Å². The standard InChI is InChI=1S/C23H18F3NO2/c1-2-14-8-10-16-17(24)5-3-6-18(16)27-12-4-7-19(27)22(14)15-9-11-20-21(13-15)29-23(25,26)28-20/h3-7,9,11-13H,2,8,10H2,1H3. The highest BCUT2D eigenvalue weighted by Gasteiger charge is 2.43. The number of benzene rings is 2. The van der Waals surface area contributed by atoms with Crippen molar-refractivity contribution >= 4 is 5.57 Å². The zero-order valence-corrected chi connectivity index (χ0v) is 15.7. The van der Waals surface area contributed by atoms with Crippen LogP contribution in [-0.2, 0) is 6.42 Å². The summed E-state index contributed by atoms with van der Waals surface area (Å²) in [5.41, 5.74) is 5.21. The average Bonchev–Trinajstić information content (AvgIpc) is 3.26. The van der Waals surface area contributed by atoms with Crippen LogP contribution in [-0.4, -0.2) is 10.9 Å². The van der Waals surface area contributed by atoms with Crippen molar-refractivity contribution in [2.45, 2.75) is 32.5 Å². The number of alkyl halides is 2. The fourth-order valence-corrected chi connectivity index (χ4v) is 4.21. The van der Waals surface area contributed by atoms with E-state index in [0.717, 1.165) is 34.5 Å². The van der Waals surface area contributed by atoms with Gasteiger partial charge >= 0.3 is 6.29 Å². The van der Waals surface area contributed by atoms with E-state index in [1.165, 1.54) is 12.1 Å². The van der Waals surface area contributed by atoms with Gasteiger partial charge in [-0.25, -0.2) is 4.39 Å². The Morgan fingerprint density at radius 2 is 1.83 bits per heavy atom. The number of aromatic nitrogens is 1. The molecule has 0 aliphatic carbocycles. The predicted octanol–water partition coefficient (Wildman–Crippen LogP) is 6.10. The van der Waals surface area contributed by atoms with Crippen LogP contribution in [0.2, 0.25) is 0 Å². The van der Waals surface area contributed by atoms with Crippen LogP contribution >= 0.6 is 0 Å². The van der Waals surface area contributed by atoms with E-state index in [2.05, 4.69) is 9.47 Å². The molecule has 2 aliphatic heterocycles. The van der Waals surface area contributed by atoms with Crippen LogP contribution in [0.4, 0.5) is 13.2 Å². The summed E-state index contributed by atoms with van der Waals surface area (Å²) >= 11 is 0. The first-order valence-corrected chi connectivity index (χ1v) is 9.54. The highest BCUT2D eigenvalue weighted by Crippen LogP contribution is 2.44. The molecule has 0 saturated heterocycles. The molecule has 0 N–H and O–H groups in total. The lowest BCUT2D eigenvalue weighted by molar-refractivity contribution is -0.286. The Kier molecular flexibility index (Phi) is 3.98. The summed E-state index contributed by atoms with van der Waals surface area (Å²) in [7, 11) is 0. The van der Waals surface area contributed by atoms with E-state index in [1.54, 1.807) is 18.2 Å². The summed E-state index contributed by atoms with van der Waals surface area (Å²) in [5, 5.41) is 0. The molecule has 1 aromatic heterocycles. The fraction of sp³-hybridized carbons (Fsp3) is 0.217. The van der Waals surface area contributed by atoms with Gasteiger partial charge in [-0.3, -0.25) is 0 Å². The molecule has 0 saturated carbocycles. The van der Waals surface area contributed by atoms with Crippen LogP contribution in [0, 0.1) is 5.82 Å². The molecule has 0 atom stereocenters. The normalized spacial score (nSPS) is 16.8. The second-order valence-corrected chi connectivity index (χ2v) is 7.16. The molecule has 2 aliphatic rings. The minimum atomic E-state index is -3.65. The Morgan fingerprint density at radius 3 is 2.66 bits per heavy atom. The average molecular weight is 397 g/mol. The van der Waals surface area contributed by atoms with Gasteiger partial charge in [0.2, 0.25) is 0 Å². The molecule has 0 spiro atoms. The summed E-state index contributed by atoms with van der Waals surface area (Å²) in [6.45, 7) is 2.05. The van der Waals surface area contributed by atoms with Gasteiger partial charge in [0.25, 0.3) is 0 Å². The van der Waals surface area contributed by atoms with Crippen molar-refractivity contribution < 1.29 is 22.6 Å². The van der Waals surface area contributed by atoms with E-state index in [4.69, 9.17) is 0 Å². The molecule has 2 aromatic carbocycles. The molecule has 3 heterocycles. The summed E-state index contributed by atoms with van der Waals surface area (Å²) in [5.74, 6) is -0.181. The number of nitrogens with zero attached hydrogens (tertiary/aromatic N) is 1. The molecule has 0 bridgehead atoms. The Balaban J connectivity index is 1.71. The highest BCUT2D eigenvalue weighted by atomic mass is 19.3. The van der Waals surface area contributed by atoms with Gasteiger partial charge in [-0.05, 0) is 61.2 Å². The van der Waals surface area contributed by atoms with E-state index in [1.807, 2.05) is 35.9 Å². The zero-order valence-electron chi connectivity index (χ0n) is 15.7. The van der Waals surface area contributed by atoms with Crippen molar-refractivity contribution in [3.63, 3.8) is 0 Å². The molecule has 0 amide bonds. The zero-order chi connectivity index (χ0) is 20.2. The number of rotatable bonds is 2. The topological polar surface area (TPSA) is 23.4 Å². The van der Waals surface area contributed by atoms with Gasteiger partial charge in [0.05, 0.1) is 11.4 Å². The molecule has 0 radical (unpaired) electrons. The minimum absolute atomic E-state index is 0.0158. The first kappa shape index (κ1) is 17.9. The number of fused-ring (bicyclic) bond motifs is 4. The smallest absolute Gasteiger partial charge is 0.395 e. The molecule has 0 unspecified atom stereocenters. The lowest BCUT2D eigenvalue weighted by Crippen LogP contribution is -2.25. The minimum Gasteiger partial charge on any atom is -0.395 e. The maximum atomic E-state index is 14.5. The summed E-state index contributed by atoms with van der Waals surface area (Å²) < 4.78 is 52.6. The van der Waals surface area contributed by atoms with Crippen molar-refractivity contribution in [2.75, 3.05) is 0 Å². The van der Waals surface area contributed by atoms with Gasteiger partial charge in [0.1, 0.15) is 5.82 Å². The quantitative estimate of drug-likeness (QED) is 0.522. The molecule has 5 rings (SSSR count). The van der Waals surface area contributed by atoms with Crippen molar-refractivity contribution in [3.8, 4) is 17.2 Å². The third-order valence-electron chi connectivity index (χ3n) is 5.51. The van der Waals surface area contributed by atoms with E-state index in [-0.39, 0.29) is 17.3 Å². The molecule has 148 valence electrons. The van der Waals surface area contributed by atoms with Crippen molar-refractivity contribution in [1.29, 1.82) is 0 Å². The van der Waals surface area contributed by atoms with Crippen LogP contribution in [0.1, 0.15) is 36.6 Å². The molecular formula is C23H18F3NO2. The third kappa shape index (κ3) is 2.90. The second-order valence-electron chi connectivity index (χ2n) is 7.16. The largest absolute Gasteiger partial charge is 0.586 e. The predicted molar refractivity (Wildman–Crippen MR) is 103 cm³/mol. The number of halogens is 3. The Bertz CT molecular complexity index is 1150. The van der Waals surface area contributed by atoms with Crippen molar-refractivity contribution in [1.82, 2.24) is 4.57 Å². The van der Waals surface area contributed by atoms with Gasteiger partial charge in [-0.1, -0.05) is 24.6 Å². The van der Waals surface area contributed by atoms with E-state index in [0.29, 0.717) is 18.4 Å². The maximum absolute atomic E-state index is 14.5. The van der Waals surface area contributed by atoms with Gasteiger partial charge in [-0.15, -0.1) is 8.78 Å². The van der Waals surface area contributed by atoms with Crippen LogP contribution in [0.5, 0.6) is 11.5 Å². The van der Waals surface area contributed by atoms with Crippen LogP contribution < -0.4 is 9.47 Å². The maximum Gasteiger partial charge on any atom is 0.586 e. The third-order valence-corrected chi connectivity index (χ3v) is 5.51. The van der Waals surface area contributed by atoms with Crippen LogP contribution in [0.25, 0.3) is 11.3 Å². The Labute approximate surface area is 166 Å². The van der Waals surface area contributed by atoms with Crippen molar-refractivity contribution in [2.24, 2.45) is 0 Å². The monoisotopic (exact) mass is 397 g/mol. The van der Waals surface area contributed by atoms with Gasteiger partial charge in [0, 0.05) is 17.3 Å². The first-order chi connectivity index (χ1) is 14.0. The summed E-state index contributed by atoms with van der Waals surface area (Å²) in [6, 6.07) is 13.8. The number of hydrogen-bond donors (Lipinski definition) is 0. The van der Waals surface area contributed by atoms with Gasteiger partial charge in [0.15, 0.2) is 11.5 Å². The number of allylic oxidation sites excluding steroid dienone is 1. The lowest BCUT2D eigenvalue weighted by atomic mass is 9.89. The highest BCUT2D eigenvalue weighted by molar-refractivity contribution is 5.83. The Hall–Kier alpha value is -3.15. The number of hydrogen-bond acceptors (Lipinski definition) is 2. The summed E-state index contributed by atoms with van der Waals surface area (Å²) in [6.07, 6.45) is 0.243. The van der Waals surface area contributed by atoms with Crippen molar-refractivity contribution in [3.05, 3.63) is 82.9 Å². The molecule has 3 aromatic rings. The Morgan fingerprint density at radius 1 is 1.00 bits per heavy atom. The van der Waals surface area contributed by atoms with E-state index < -0.39 is 6.29 Å². The molecule has 29 heavy (non-hydrogen) atoms. The molecular weight excluding hydrogens is 379 g/mol. The van der Waals surface area contributed by atoms with Crippen LogP contribution in [0.15, 0.2) is 60.3 Å². The molecule has 6 heteroatoms.